The number of hydrogen-bond acceptors (Lipinski definition) is 1. The van der Waals surface area contributed by atoms with Gasteiger partial charge in [-0.3, -0.25) is 0 Å². The molecule has 1 fully saturated rings. The molecule has 54 valence electrons. The summed E-state index contributed by atoms with van der Waals surface area (Å²) in [4.78, 5) is 2.11. The summed E-state index contributed by atoms with van der Waals surface area (Å²) < 4.78 is 12.1. The highest BCUT2D eigenvalue weighted by Gasteiger charge is 2.17. The standard InChI is InChI=1S/C7H14FN/c1-9-5-3-2-4-7(9)6-8/h7H,2-6H2,1H3/t7-/m1/s1. The third-order valence-corrected chi connectivity index (χ3v) is 2.10. The van der Waals surface area contributed by atoms with Crippen molar-refractivity contribution in [3.63, 3.8) is 0 Å². The van der Waals surface area contributed by atoms with Crippen LogP contribution in [-0.2, 0) is 0 Å². The second-order valence-corrected chi connectivity index (χ2v) is 2.78. The first kappa shape index (κ1) is 7.00. The largest absolute Gasteiger partial charge is 0.301 e. The molecule has 1 aliphatic rings. The van der Waals surface area contributed by atoms with E-state index in [4.69, 9.17) is 0 Å². The van der Waals surface area contributed by atoms with Crippen LogP contribution in [0, 0.1) is 0 Å². The first-order chi connectivity index (χ1) is 4.34. The lowest BCUT2D eigenvalue weighted by Gasteiger charge is -2.29. The fraction of sp³-hybridized carbons (Fsp3) is 1.00. The SMILES string of the molecule is CN1CCCC[C@@H]1CF. The Hall–Kier alpha value is -0.110. The number of nitrogens with zero attached hydrogens (tertiary/aromatic N) is 1. The summed E-state index contributed by atoms with van der Waals surface area (Å²) in [6.07, 6.45) is 3.50. The van der Waals surface area contributed by atoms with E-state index in [1.165, 1.54) is 12.8 Å². The van der Waals surface area contributed by atoms with E-state index < -0.39 is 0 Å². The van der Waals surface area contributed by atoms with E-state index in [1.54, 1.807) is 0 Å². The average molecular weight is 131 g/mol. The molecule has 0 N–H and O–H groups in total. The quantitative estimate of drug-likeness (QED) is 0.520. The highest BCUT2D eigenvalue weighted by molar-refractivity contribution is 4.72. The molecule has 0 bridgehead atoms. The zero-order chi connectivity index (χ0) is 6.69. The van der Waals surface area contributed by atoms with Crippen LogP contribution < -0.4 is 0 Å². The number of likely N-dealkylation sites (tertiary alicyclic amines) is 1. The van der Waals surface area contributed by atoms with E-state index in [9.17, 15) is 4.39 Å². The number of alkyl halides is 1. The summed E-state index contributed by atoms with van der Waals surface area (Å²) in [5, 5.41) is 0. The third kappa shape index (κ3) is 1.65. The average Bonchev–Trinajstić information content (AvgIpc) is 1.89. The lowest BCUT2D eigenvalue weighted by Crippen LogP contribution is -2.37. The van der Waals surface area contributed by atoms with Crippen LogP contribution in [0.5, 0.6) is 0 Å². The van der Waals surface area contributed by atoms with Crippen molar-refractivity contribution in [2.45, 2.75) is 25.3 Å². The van der Waals surface area contributed by atoms with Crippen LogP contribution in [0.25, 0.3) is 0 Å². The van der Waals surface area contributed by atoms with Gasteiger partial charge in [0.1, 0.15) is 6.67 Å². The Kier molecular flexibility index (Phi) is 2.46. The van der Waals surface area contributed by atoms with Gasteiger partial charge in [-0.05, 0) is 26.4 Å². The van der Waals surface area contributed by atoms with Crippen LogP contribution in [0.1, 0.15) is 19.3 Å². The molecule has 9 heavy (non-hydrogen) atoms. The molecule has 0 saturated carbocycles. The Morgan fingerprint density at radius 1 is 1.56 bits per heavy atom. The monoisotopic (exact) mass is 131 g/mol. The Labute approximate surface area is 55.8 Å². The van der Waals surface area contributed by atoms with Gasteiger partial charge in [0.25, 0.3) is 0 Å². The minimum Gasteiger partial charge on any atom is -0.301 e. The minimum absolute atomic E-state index is 0.170. The lowest BCUT2D eigenvalue weighted by atomic mass is 10.0. The van der Waals surface area contributed by atoms with Gasteiger partial charge < -0.3 is 4.90 Å². The van der Waals surface area contributed by atoms with Gasteiger partial charge in [-0.15, -0.1) is 0 Å². The first-order valence-corrected chi connectivity index (χ1v) is 3.61. The molecule has 1 nitrogen and oxygen atoms in total. The van der Waals surface area contributed by atoms with Gasteiger partial charge in [-0.2, -0.15) is 0 Å². The van der Waals surface area contributed by atoms with Gasteiger partial charge in [0.2, 0.25) is 0 Å². The van der Waals surface area contributed by atoms with Crippen LogP contribution in [0.4, 0.5) is 4.39 Å². The van der Waals surface area contributed by atoms with Crippen molar-refractivity contribution in [3.8, 4) is 0 Å². The molecule has 1 atom stereocenters. The second kappa shape index (κ2) is 3.16. The van der Waals surface area contributed by atoms with Gasteiger partial charge in [-0.25, -0.2) is 4.39 Å². The molecule has 0 aromatic heterocycles. The van der Waals surface area contributed by atoms with Crippen LogP contribution in [0.2, 0.25) is 0 Å². The predicted molar refractivity (Wildman–Crippen MR) is 36.2 cm³/mol. The molecule has 0 amide bonds. The van der Waals surface area contributed by atoms with Crippen molar-refractivity contribution < 1.29 is 4.39 Å². The smallest absolute Gasteiger partial charge is 0.105 e. The maximum Gasteiger partial charge on any atom is 0.105 e. The van der Waals surface area contributed by atoms with Crippen molar-refractivity contribution >= 4 is 0 Å². The van der Waals surface area contributed by atoms with Crippen molar-refractivity contribution in [2.24, 2.45) is 0 Å². The third-order valence-electron chi connectivity index (χ3n) is 2.10. The van der Waals surface area contributed by atoms with Crippen LogP contribution in [-0.4, -0.2) is 31.2 Å². The second-order valence-electron chi connectivity index (χ2n) is 2.78. The molecule has 2 heteroatoms. The Morgan fingerprint density at radius 3 is 2.78 bits per heavy atom. The van der Waals surface area contributed by atoms with Crippen LogP contribution >= 0.6 is 0 Å². The Balaban J connectivity index is 2.30. The van der Waals surface area contributed by atoms with E-state index >= 15 is 0 Å². The molecule has 0 aromatic carbocycles. The molecule has 0 spiro atoms. The Bertz CT molecular complexity index is 85.0. The fourth-order valence-corrected chi connectivity index (χ4v) is 1.34. The van der Waals surface area contributed by atoms with Gasteiger partial charge in [-0.1, -0.05) is 6.42 Å². The fourth-order valence-electron chi connectivity index (χ4n) is 1.34. The summed E-state index contributed by atoms with van der Waals surface area (Å²) in [6, 6.07) is 0.221. The number of halogens is 1. The highest BCUT2D eigenvalue weighted by Crippen LogP contribution is 2.14. The van der Waals surface area contributed by atoms with Crippen LogP contribution in [0.3, 0.4) is 0 Å². The molecule has 0 aliphatic carbocycles. The van der Waals surface area contributed by atoms with Gasteiger partial charge in [0.15, 0.2) is 0 Å². The predicted octanol–water partition coefficient (Wildman–Crippen LogP) is 1.44. The molecule has 0 unspecified atom stereocenters. The van der Waals surface area contributed by atoms with Crippen molar-refractivity contribution in [1.29, 1.82) is 0 Å². The highest BCUT2D eigenvalue weighted by atomic mass is 19.1. The molecule has 1 saturated heterocycles. The lowest BCUT2D eigenvalue weighted by molar-refractivity contribution is 0.155. The van der Waals surface area contributed by atoms with Gasteiger partial charge in [0.05, 0.1) is 0 Å². The molecule has 0 aromatic rings. The molecular formula is C7H14FN. The Morgan fingerprint density at radius 2 is 2.33 bits per heavy atom. The summed E-state index contributed by atoms with van der Waals surface area (Å²) in [5.41, 5.74) is 0. The zero-order valence-corrected chi connectivity index (χ0v) is 5.94. The van der Waals surface area contributed by atoms with Gasteiger partial charge in [0, 0.05) is 6.04 Å². The van der Waals surface area contributed by atoms with E-state index in [0.29, 0.717) is 0 Å². The zero-order valence-electron chi connectivity index (χ0n) is 5.94. The van der Waals surface area contributed by atoms with E-state index in [-0.39, 0.29) is 12.7 Å². The summed E-state index contributed by atoms with van der Waals surface area (Å²) in [5.74, 6) is 0. The summed E-state index contributed by atoms with van der Waals surface area (Å²) in [7, 11) is 2.00. The number of rotatable bonds is 1. The van der Waals surface area contributed by atoms with Crippen molar-refractivity contribution in [3.05, 3.63) is 0 Å². The summed E-state index contributed by atoms with van der Waals surface area (Å²) in [6.45, 7) is 0.908. The molecular weight excluding hydrogens is 117 g/mol. The van der Waals surface area contributed by atoms with E-state index in [0.717, 1.165) is 13.0 Å². The normalized spacial score (nSPS) is 30.7. The maximum absolute atomic E-state index is 12.1. The number of piperidine rings is 1. The minimum atomic E-state index is -0.170. The molecule has 1 rings (SSSR count). The number of hydrogen-bond donors (Lipinski definition) is 0. The van der Waals surface area contributed by atoms with E-state index in [2.05, 4.69) is 4.90 Å². The molecule has 1 heterocycles. The maximum atomic E-state index is 12.1. The van der Waals surface area contributed by atoms with Crippen molar-refractivity contribution in [1.82, 2.24) is 4.90 Å². The van der Waals surface area contributed by atoms with Crippen LogP contribution in [0.15, 0.2) is 0 Å². The van der Waals surface area contributed by atoms with Crippen molar-refractivity contribution in [2.75, 3.05) is 20.3 Å². The first-order valence-electron chi connectivity index (χ1n) is 3.61. The summed E-state index contributed by atoms with van der Waals surface area (Å²) >= 11 is 0. The topological polar surface area (TPSA) is 3.24 Å². The van der Waals surface area contributed by atoms with Gasteiger partial charge >= 0.3 is 0 Å². The molecule has 0 radical (unpaired) electrons. The van der Waals surface area contributed by atoms with E-state index in [1.807, 2.05) is 7.05 Å². The molecule has 1 aliphatic heterocycles.